The number of hydrogen-bond acceptors (Lipinski definition) is 4. The van der Waals surface area contributed by atoms with Crippen molar-refractivity contribution < 1.29 is 14.7 Å². The van der Waals surface area contributed by atoms with Gasteiger partial charge in [-0.25, -0.2) is 9.59 Å². The number of anilines is 1. The van der Waals surface area contributed by atoms with Crippen LogP contribution in [0.2, 0.25) is 0 Å². The van der Waals surface area contributed by atoms with Crippen LogP contribution >= 0.6 is 0 Å². The van der Waals surface area contributed by atoms with Crippen molar-refractivity contribution in [3.05, 3.63) is 70.8 Å². The molecule has 0 aliphatic heterocycles. The van der Waals surface area contributed by atoms with Crippen LogP contribution in [-0.2, 0) is 0 Å². The summed E-state index contributed by atoms with van der Waals surface area (Å²) in [5, 5.41) is 12.0. The summed E-state index contributed by atoms with van der Waals surface area (Å²) in [6.45, 7) is 0. The Morgan fingerprint density at radius 2 is 1.78 bits per heavy atom. The highest BCUT2D eigenvalue weighted by atomic mass is 16.4. The third kappa shape index (κ3) is 2.67. The van der Waals surface area contributed by atoms with Crippen molar-refractivity contribution >= 4 is 28.6 Å². The zero-order valence-corrected chi connectivity index (χ0v) is 11.8. The summed E-state index contributed by atoms with van der Waals surface area (Å²) in [6.07, 6.45) is 4.06. The topological polar surface area (TPSA) is 101 Å². The molecule has 7 nitrogen and oxygen atoms in total. The third-order valence-corrected chi connectivity index (χ3v) is 3.29. The molecule has 0 radical (unpaired) electrons. The van der Waals surface area contributed by atoms with Crippen LogP contribution in [0, 0.1) is 0 Å². The van der Waals surface area contributed by atoms with E-state index in [2.05, 4.69) is 10.3 Å². The van der Waals surface area contributed by atoms with Gasteiger partial charge in [-0.1, -0.05) is 12.1 Å². The van der Waals surface area contributed by atoms with Crippen LogP contribution in [0.1, 0.15) is 10.4 Å². The smallest absolute Gasteiger partial charge is 0.341 e. The van der Waals surface area contributed by atoms with Gasteiger partial charge in [-0.05, 0) is 24.3 Å². The first-order valence-corrected chi connectivity index (χ1v) is 6.67. The monoisotopic (exact) mass is 309 g/mol. The first-order valence-electron chi connectivity index (χ1n) is 6.67. The molecule has 0 saturated carbocycles. The summed E-state index contributed by atoms with van der Waals surface area (Å²) in [5.41, 5.74) is -0.256. The van der Waals surface area contributed by atoms with E-state index >= 15 is 0 Å². The molecule has 2 N–H and O–H groups in total. The van der Waals surface area contributed by atoms with Crippen LogP contribution in [0.3, 0.4) is 0 Å². The van der Waals surface area contributed by atoms with Gasteiger partial charge in [0, 0.05) is 29.7 Å². The highest BCUT2D eigenvalue weighted by Crippen LogP contribution is 2.13. The molecule has 3 rings (SSSR count). The Morgan fingerprint density at radius 3 is 2.48 bits per heavy atom. The van der Waals surface area contributed by atoms with E-state index in [0.717, 1.165) is 10.8 Å². The second-order valence-corrected chi connectivity index (χ2v) is 4.73. The predicted molar refractivity (Wildman–Crippen MR) is 83.8 cm³/mol. The van der Waals surface area contributed by atoms with E-state index in [1.165, 1.54) is 18.5 Å². The SMILES string of the molecule is O=C(O)c1cn(C(=O)Nc2ccncc2)c2ccccc2c1=O. The van der Waals surface area contributed by atoms with Crippen molar-refractivity contribution in [2.24, 2.45) is 0 Å². The summed E-state index contributed by atoms with van der Waals surface area (Å²) in [6, 6.07) is 8.96. The number of pyridine rings is 2. The number of carbonyl (C=O) groups excluding carboxylic acids is 1. The molecule has 0 fully saturated rings. The summed E-state index contributed by atoms with van der Waals surface area (Å²) in [4.78, 5) is 39.7. The average molecular weight is 309 g/mol. The lowest BCUT2D eigenvalue weighted by molar-refractivity contribution is 0.0695. The van der Waals surface area contributed by atoms with Crippen molar-refractivity contribution in [3.8, 4) is 0 Å². The van der Waals surface area contributed by atoms with Crippen LogP contribution in [0.25, 0.3) is 10.9 Å². The van der Waals surface area contributed by atoms with E-state index in [-0.39, 0.29) is 5.39 Å². The first-order chi connectivity index (χ1) is 11.1. The first kappa shape index (κ1) is 14.5. The lowest BCUT2D eigenvalue weighted by atomic mass is 10.1. The Hall–Kier alpha value is -3.48. The normalized spacial score (nSPS) is 10.4. The second-order valence-electron chi connectivity index (χ2n) is 4.73. The number of nitrogens with one attached hydrogen (secondary N) is 1. The number of hydrogen-bond donors (Lipinski definition) is 2. The fourth-order valence-electron chi connectivity index (χ4n) is 2.22. The minimum absolute atomic E-state index is 0.164. The van der Waals surface area contributed by atoms with Gasteiger partial charge in [0.25, 0.3) is 0 Å². The van der Waals surface area contributed by atoms with Gasteiger partial charge in [0.15, 0.2) is 0 Å². The molecule has 23 heavy (non-hydrogen) atoms. The molecule has 114 valence electrons. The number of nitrogens with zero attached hydrogens (tertiary/aromatic N) is 2. The quantitative estimate of drug-likeness (QED) is 0.755. The van der Waals surface area contributed by atoms with Crippen molar-refractivity contribution in [1.82, 2.24) is 9.55 Å². The molecule has 1 amide bonds. The number of amides is 1. The summed E-state index contributed by atoms with van der Waals surface area (Å²) in [5.74, 6) is -1.38. The number of aromatic carboxylic acids is 1. The average Bonchev–Trinajstić information content (AvgIpc) is 2.56. The Balaban J connectivity index is 2.16. The number of fused-ring (bicyclic) bond motifs is 1. The van der Waals surface area contributed by atoms with E-state index in [1.54, 1.807) is 30.3 Å². The molecular formula is C16H11N3O4. The van der Waals surface area contributed by atoms with Crippen LogP contribution in [-0.4, -0.2) is 26.7 Å². The largest absolute Gasteiger partial charge is 0.477 e. The maximum atomic E-state index is 12.5. The molecule has 0 spiro atoms. The van der Waals surface area contributed by atoms with Crippen molar-refractivity contribution in [1.29, 1.82) is 0 Å². The molecule has 1 aromatic carbocycles. The maximum absolute atomic E-state index is 12.5. The standard InChI is InChI=1S/C16H11N3O4/c20-14-11-3-1-2-4-13(11)19(9-12(14)15(21)22)16(23)18-10-5-7-17-8-6-10/h1-9H,(H,21,22)(H,17,18,23). The predicted octanol–water partition coefficient (Wildman–Crippen LogP) is 2.17. The number of rotatable bonds is 2. The van der Waals surface area contributed by atoms with Gasteiger partial charge in [-0.2, -0.15) is 0 Å². The van der Waals surface area contributed by atoms with Crippen LogP contribution in [0.4, 0.5) is 10.5 Å². The number of aromatic nitrogens is 2. The molecule has 0 aliphatic rings. The number of carboxylic acid groups (broad SMARTS) is 1. The van der Waals surface area contributed by atoms with E-state index in [0.29, 0.717) is 11.2 Å². The molecule has 2 aromatic heterocycles. The van der Waals surface area contributed by atoms with Crippen LogP contribution in [0.5, 0.6) is 0 Å². The number of para-hydroxylation sites is 1. The molecule has 0 atom stereocenters. The second kappa shape index (κ2) is 5.72. The number of benzene rings is 1. The lowest BCUT2D eigenvalue weighted by Gasteiger charge is -2.12. The minimum Gasteiger partial charge on any atom is -0.477 e. The van der Waals surface area contributed by atoms with Gasteiger partial charge in [-0.3, -0.25) is 14.3 Å². The molecule has 3 aromatic rings. The van der Waals surface area contributed by atoms with E-state index in [1.807, 2.05) is 0 Å². The Labute approximate surface area is 129 Å². The Morgan fingerprint density at radius 1 is 1.09 bits per heavy atom. The molecule has 2 heterocycles. The van der Waals surface area contributed by atoms with Crippen LogP contribution in [0.15, 0.2) is 59.8 Å². The van der Waals surface area contributed by atoms with Crippen molar-refractivity contribution in [2.45, 2.75) is 0 Å². The zero-order chi connectivity index (χ0) is 16.4. The molecule has 0 unspecified atom stereocenters. The summed E-state index contributed by atoms with van der Waals surface area (Å²) >= 11 is 0. The van der Waals surface area contributed by atoms with Gasteiger partial charge in [0.2, 0.25) is 5.43 Å². The highest BCUT2D eigenvalue weighted by molar-refractivity contribution is 6.00. The molecule has 7 heteroatoms. The van der Waals surface area contributed by atoms with Crippen molar-refractivity contribution in [2.75, 3.05) is 5.32 Å². The van der Waals surface area contributed by atoms with Gasteiger partial charge in [-0.15, -0.1) is 0 Å². The van der Waals surface area contributed by atoms with Gasteiger partial charge in [0.1, 0.15) is 5.56 Å². The third-order valence-electron chi connectivity index (χ3n) is 3.29. The van der Waals surface area contributed by atoms with E-state index < -0.39 is 23.0 Å². The van der Waals surface area contributed by atoms with E-state index in [9.17, 15) is 14.4 Å². The molecule has 0 bridgehead atoms. The molecular weight excluding hydrogens is 298 g/mol. The van der Waals surface area contributed by atoms with E-state index in [4.69, 9.17) is 5.11 Å². The van der Waals surface area contributed by atoms with Gasteiger partial charge in [0.05, 0.1) is 5.52 Å². The number of carbonyl (C=O) groups is 2. The zero-order valence-electron chi connectivity index (χ0n) is 11.8. The van der Waals surface area contributed by atoms with Gasteiger partial charge < -0.3 is 10.4 Å². The summed E-state index contributed by atoms with van der Waals surface area (Å²) < 4.78 is 1.11. The highest BCUT2D eigenvalue weighted by Gasteiger charge is 2.17. The lowest BCUT2D eigenvalue weighted by Crippen LogP contribution is -2.25. The maximum Gasteiger partial charge on any atom is 0.341 e. The Kier molecular flexibility index (Phi) is 3.60. The summed E-state index contributed by atoms with van der Waals surface area (Å²) in [7, 11) is 0. The number of carboxylic acids is 1. The Bertz CT molecular complexity index is 964. The molecule has 0 saturated heterocycles. The van der Waals surface area contributed by atoms with Crippen molar-refractivity contribution in [3.63, 3.8) is 0 Å². The van der Waals surface area contributed by atoms with Gasteiger partial charge >= 0.3 is 12.0 Å². The van der Waals surface area contributed by atoms with Crippen LogP contribution < -0.4 is 10.7 Å². The molecule has 0 aliphatic carbocycles. The minimum atomic E-state index is -1.38. The fraction of sp³-hybridized carbons (Fsp3) is 0. The fourth-order valence-corrected chi connectivity index (χ4v) is 2.22.